The number of hydrogen-bond acceptors (Lipinski definition) is 4. The Kier molecular flexibility index (Phi) is 4.44. The van der Waals surface area contributed by atoms with Gasteiger partial charge in [-0.25, -0.2) is 9.59 Å². The van der Waals surface area contributed by atoms with E-state index in [1.165, 1.54) is 10.6 Å². The molecule has 0 spiro atoms. The molecule has 2 heterocycles. The number of carbonyl (C=O) groups is 2. The summed E-state index contributed by atoms with van der Waals surface area (Å²) in [5.74, 6) is -1.00. The van der Waals surface area contributed by atoms with Gasteiger partial charge < -0.3 is 9.73 Å². The second kappa shape index (κ2) is 6.68. The number of halogens is 2. The molecule has 1 fully saturated rings. The largest absolute Gasteiger partial charge is 0.420 e. The normalized spacial score (nSPS) is 19.5. The molecule has 1 aliphatic rings. The smallest absolute Gasteiger partial charge is 0.408 e. The summed E-state index contributed by atoms with van der Waals surface area (Å²) in [6.07, 6.45) is 0. The minimum Gasteiger partial charge on any atom is -0.408 e. The van der Waals surface area contributed by atoms with Crippen molar-refractivity contribution >= 4 is 46.2 Å². The lowest BCUT2D eigenvalue weighted by atomic mass is 9.92. The summed E-state index contributed by atoms with van der Waals surface area (Å²) in [5, 5.41) is 3.40. The number of imide groups is 1. The molecule has 0 bridgehead atoms. The lowest BCUT2D eigenvalue weighted by molar-refractivity contribution is -0.131. The fourth-order valence-corrected chi connectivity index (χ4v) is 4.00. The van der Waals surface area contributed by atoms with Crippen LogP contribution in [0.15, 0.2) is 51.7 Å². The molecule has 9 heteroatoms. The number of nitrogens with zero attached hydrogens (tertiary/aromatic N) is 2. The number of carbonyl (C=O) groups excluding carboxylic acids is 2. The molecule has 2 aromatic carbocycles. The third-order valence-electron chi connectivity index (χ3n) is 4.87. The van der Waals surface area contributed by atoms with Crippen molar-refractivity contribution in [1.82, 2.24) is 14.8 Å². The summed E-state index contributed by atoms with van der Waals surface area (Å²) in [7, 11) is 0. The van der Waals surface area contributed by atoms with E-state index in [9.17, 15) is 14.4 Å². The van der Waals surface area contributed by atoms with Gasteiger partial charge >= 0.3 is 11.8 Å². The van der Waals surface area contributed by atoms with E-state index in [1.54, 1.807) is 43.3 Å². The van der Waals surface area contributed by atoms with Crippen LogP contribution in [-0.4, -0.2) is 28.0 Å². The molecule has 3 amide bonds. The van der Waals surface area contributed by atoms with Gasteiger partial charge in [0.05, 0.1) is 5.52 Å². The van der Waals surface area contributed by atoms with Crippen LogP contribution < -0.4 is 11.1 Å². The van der Waals surface area contributed by atoms with Crippen LogP contribution in [-0.2, 0) is 16.9 Å². The van der Waals surface area contributed by atoms with Gasteiger partial charge in [-0.1, -0.05) is 41.4 Å². The number of oxazole rings is 1. The van der Waals surface area contributed by atoms with E-state index in [0.717, 1.165) is 4.90 Å². The number of nitrogens with one attached hydrogen (secondary N) is 1. The summed E-state index contributed by atoms with van der Waals surface area (Å²) < 4.78 is 6.57. The van der Waals surface area contributed by atoms with Crippen molar-refractivity contribution in [3.8, 4) is 0 Å². The molecule has 1 aromatic heterocycles. The third kappa shape index (κ3) is 2.87. The van der Waals surface area contributed by atoms with Gasteiger partial charge in [-0.2, -0.15) is 0 Å². The predicted octanol–water partition coefficient (Wildman–Crippen LogP) is 3.37. The first kappa shape index (κ1) is 18.6. The molecule has 3 aromatic rings. The van der Waals surface area contributed by atoms with E-state index in [1.807, 2.05) is 0 Å². The van der Waals surface area contributed by atoms with Crippen molar-refractivity contribution < 1.29 is 14.0 Å². The van der Waals surface area contributed by atoms with Crippen LogP contribution in [0.2, 0.25) is 10.0 Å². The van der Waals surface area contributed by atoms with Crippen LogP contribution in [0.1, 0.15) is 12.5 Å². The number of urea groups is 1. The summed E-state index contributed by atoms with van der Waals surface area (Å²) in [6, 6.07) is 11.1. The van der Waals surface area contributed by atoms with E-state index >= 15 is 0 Å². The lowest BCUT2D eigenvalue weighted by Gasteiger charge is -2.23. The van der Waals surface area contributed by atoms with E-state index in [0.29, 0.717) is 21.7 Å². The Bertz CT molecular complexity index is 1170. The molecule has 1 atom stereocenters. The summed E-state index contributed by atoms with van der Waals surface area (Å²) in [5.41, 5.74) is 0.179. The van der Waals surface area contributed by atoms with Crippen molar-refractivity contribution in [2.45, 2.75) is 19.0 Å². The van der Waals surface area contributed by atoms with E-state index in [2.05, 4.69) is 5.32 Å². The molecule has 1 N–H and O–H groups in total. The Morgan fingerprint density at radius 1 is 1.07 bits per heavy atom. The summed E-state index contributed by atoms with van der Waals surface area (Å²) in [4.78, 5) is 38.7. The van der Waals surface area contributed by atoms with Crippen LogP contribution in [0.25, 0.3) is 11.1 Å². The Hall–Kier alpha value is -2.77. The Morgan fingerprint density at radius 2 is 1.82 bits per heavy atom. The Morgan fingerprint density at radius 3 is 2.57 bits per heavy atom. The monoisotopic (exact) mass is 419 g/mol. The molecule has 1 aliphatic heterocycles. The maximum atomic E-state index is 13.0. The molecule has 0 radical (unpaired) electrons. The van der Waals surface area contributed by atoms with Crippen molar-refractivity contribution in [1.29, 1.82) is 0 Å². The Labute approximate surface area is 169 Å². The highest BCUT2D eigenvalue weighted by atomic mass is 35.5. The average Bonchev–Trinajstić information content (AvgIpc) is 3.07. The Balaban J connectivity index is 1.61. The molecule has 1 saturated heterocycles. The molecule has 7 nitrogen and oxygen atoms in total. The first-order valence-corrected chi connectivity index (χ1v) is 9.25. The summed E-state index contributed by atoms with van der Waals surface area (Å²) in [6.45, 7) is 1.70. The fourth-order valence-electron chi connectivity index (χ4n) is 3.40. The van der Waals surface area contributed by atoms with Crippen molar-refractivity contribution in [2.75, 3.05) is 6.54 Å². The molecular formula is C19H15Cl2N3O4. The number of rotatable bonds is 4. The number of hydrogen-bond donors (Lipinski definition) is 1. The summed E-state index contributed by atoms with van der Waals surface area (Å²) >= 11 is 12.2. The highest BCUT2D eigenvalue weighted by Gasteiger charge is 2.49. The number of para-hydroxylation sites is 2. The van der Waals surface area contributed by atoms with Crippen molar-refractivity contribution in [2.24, 2.45) is 0 Å². The SMILES string of the molecule is CC1(c2ccc(Cl)cc2Cl)NC(=O)N(CCn2c(=O)oc3ccccc32)C1=O. The zero-order valence-electron chi connectivity index (χ0n) is 14.7. The third-order valence-corrected chi connectivity index (χ3v) is 5.41. The second-order valence-corrected chi connectivity index (χ2v) is 7.47. The lowest BCUT2D eigenvalue weighted by Crippen LogP contribution is -2.41. The van der Waals surface area contributed by atoms with Crippen molar-refractivity contribution in [3.05, 3.63) is 68.6 Å². The van der Waals surface area contributed by atoms with Gasteiger partial charge in [-0.05, 0) is 31.2 Å². The fraction of sp³-hybridized carbons (Fsp3) is 0.211. The zero-order valence-corrected chi connectivity index (χ0v) is 16.3. The molecule has 28 heavy (non-hydrogen) atoms. The van der Waals surface area contributed by atoms with Crippen LogP contribution in [0.5, 0.6) is 0 Å². The second-order valence-electron chi connectivity index (χ2n) is 6.62. The number of benzene rings is 2. The van der Waals surface area contributed by atoms with E-state index < -0.39 is 23.2 Å². The standard InChI is InChI=1S/C19H15Cl2N3O4/c1-19(12-7-6-11(20)10-13(12)21)16(25)24(17(26)22-19)9-8-23-14-4-2-3-5-15(14)28-18(23)27/h2-7,10H,8-9H2,1H3,(H,22,26). The van der Waals surface area contributed by atoms with E-state index in [4.69, 9.17) is 27.6 Å². The van der Waals surface area contributed by atoms with Crippen LogP contribution in [0.3, 0.4) is 0 Å². The van der Waals surface area contributed by atoms with Crippen LogP contribution in [0.4, 0.5) is 4.79 Å². The maximum absolute atomic E-state index is 13.0. The topological polar surface area (TPSA) is 84.6 Å². The molecule has 1 unspecified atom stereocenters. The molecule has 0 saturated carbocycles. The van der Waals surface area contributed by atoms with Crippen molar-refractivity contribution in [3.63, 3.8) is 0 Å². The van der Waals surface area contributed by atoms with Crippen LogP contribution >= 0.6 is 23.2 Å². The zero-order chi connectivity index (χ0) is 20.1. The first-order chi connectivity index (χ1) is 13.3. The van der Waals surface area contributed by atoms with Gasteiger partial charge in [0, 0.05) is 28.7 Å². The average molecular weight is 420 g/mol. The minimum absolute atomic E-state index is 0.00883. The molecule has 4 rings (SSSR count). The van der Waals surface area contributed by atoms with Gasteiger partial charge in [0.15, 0.2) is 5.58 Å². The predicted molar refractivity (Wildman–Crippen MR) is 105 cm³/mol. The minimum atomic E-state index is -1.32. The van der Waals surface area contributed by atoms with Gasteiger partial charge in [-0.15, -0.1) is 0 Å². The number of aromatic nitrogens is 1. The highest BCUT2D eigenvalue weighted by Crippen LogP contribution is 2.34. The van der Waals surface area contributed by atoms with Gasteiger partial charge in [-0.3, -0.25) is 14.3 Å². The van der Waals surface area contributed by atoms with Gasteiger partial charge in [0.2, 0.25) is 0 Å². The number of amides is 3. The molecule has 144 valence electrons. The molecule has 0 aliphatic carbocycles. The maximum Gasteiger partial charge on any atom is 0.420 e. The van der Waals surface area contributed by atoms with Crippen LogP contribution in [0, 0.1) is 0 Å². The highest BCUT2D eigenvalue weighted by molar-refractivity contribution is 6.35. The molecular weight excluding hydrogens is 405 g/mol. The number of fused-ring (bicyclic) bond motifs is 1. The first-order valence-electron chi connectivity index (χ1n) is 8.49. The quantitative estimate of drug-likeness (QED) is 0.656. The van der Waals surface area contributed by atoms with E-state index in [-0.39, 0.29) is 18.1 Å². The van der Waals surface area contributed by atoms with Gasteiger partial charge in [0.1, 0.15) is 5.54 Å². The van der Waals surface area contributed by atoms with Gasteiger partial charge in [0.25, 0.3) is 5.91 Å².